The van der Waals surface area contributed by atoms with Crippen LogP contribution in [0.5, 0.6) is 0 Å². The summed E-state index contributed by atoms with van der Waals surface area (Å²) in [7, 11) is 3.61. The van der Waals surface area contributed by atoms with Crippen LogP contribution in [0.25, 0.3) is 0 Å². The Morgan fingerprint density at radius 2 is 1.95 bits per heavy atom. The molecule has 1 heterocycles. The number of anilines is 2. The van der Waals surface area contributed by atoms with Gasteiger partial charge in [0, 0.05) is 19.7 Å². The fourth-order valence-corrected chi connectivity index (χ4v) is 1.99. The third-order valence-corrected chi connectivity index (χ3v) is 3.16. The van der Waals surface area contributed by atoms with Gasteiger partial charge in [-0.05, 0) is 12.3 Å². The van der Waals surface area contributed by atoms with Gasteiger partial charge in [0.05, 0.1) is 12.6 Å². The highest BCUT2D eigenvalue weighted by Gasteiger charge is 2.17. The second-order valence-corrected chi connectivity index (χ2v) is 5.00. The summed E-state index contributed by atoms with van der Waals surface area (Å²) in [5.41, 5.74) is 1.15. The number of nitrogens with one attached hydrogen (secondary N) is 2. The van der Waals surface area contributed by atoms with Crippen molar-refractivity contribution in [1.29, 1.82) is 0 Å². The summed E-state index contributed by atoms with van der Waals surface area (Å²) in [5, 5.41) is 6.62. The Morgan fingerprint density at radius 1 is 1.26 bits per heavy atom. The number of ether oxygens (including phenoxy) is 1. The quantitative estimate of drug-likeness (QED) is 0.757. The zero-order valence-corrected chi connectivity index (χ0v) is 12.7. The van der Waals surface area contributed by atoms with Crippen molar-refractivity contribution in [2.45, 2.75) is 39.7 Å². The molecule has 1 unspecified atom stereocenters. The smallest absolute Gasteiger partial charge is 0.135 e. The van der Waals surface area contributed by atoms with Gasteiger partial charge >= 0.3 is 0 Å². The Morgan fingerprint density at radius 3 is 2.47 bits per heavy atom. The molecule has 5 heteroatoms. The molecule has 0 aliphatic carbocycles. The van der Waals surface area contributed by atoms with Crippen molar-refractivity contribution in [3.8, 4) is 0 Å². The maximum Gasteiger partial charge on any atom is 0.135 e. The van der Waals surface area contributed by atoms with Crippen LogP contribution in [0, 0.1) is 5.92 Å². The van der Waals surface area contributed by atoms with Gasteiger partial charge in [0.2, 0.25) is 0 Å². The first kappa shape index (κ1) is 15.7. The van der Waals surface area contributed by atoms with E-state index >= 15 is 0 Å². The summed E-state index contributed by atoms with van der Waals surface area (Å²) in [6.45, 7) is 7.18. The molecule has 19 heavy (non-hydrogen) atoms. The van der Waals surface area contributed by atoms with E-state index in [1.165, 1.54) is 0 Å². The molecule has 1 atom stereocenters. The van der Waals surface area contributed by atoms with Gasteiger partial charge in [0.15, 0.2) is 0 Å². The molecule has 0 saturated heterocycles. The Balaban J connectivity index is 2.97. The van der Waals surface area contributed by atoms with Gasteiger partial charge in [-0.2, -0.15) is 0 Å². The third kappa shape index (κ3) is 4.35. The maximum absolute atomic E-state index is 5.27. The topological polar surface area (TPSA) is 59.1 Å². The molecular formula is C14H26N4O. The van der Waals surface area contributed by atoms with Gasteiger partial charge in [0.25, 0.3) is 0 Å². The van der Waals surface area contributed by atoms with Crippen molar-refractivity contribution in [3.63, 3.8) is 0 Å². The van der Waals surface area contributed by atoms with Crippen molar-refractivity contribution in [1.82, 2.24) is 9.97 Å². The van der Waals surface area contributed by atoms with Crippen molar-refractivity contribution < 1.29 is 4.74 Å². The lowest BCUT2D eigenvalue weighted by Gasteiger charge is -2.24. The summed E-state index contributed by atoms with van der Waals surface area (Å²) in [4.78, 5) is 8.67. The molecule has 0 bridgehead atoms. The van der Waals surface area contributed by atoms with Gasteiger partial charge in [-0.1, -0.05) is 27.2 Å². The van der Waals surface area contributed by atoms with Gasteiger partial charge in [-0.3, -0.25) is 0 Å². The minimum absolute atomic E-state index is 0.250. The Bertz CT molecular complexity index is 382. The van der Waals surface area contributed by atoms with Crippen LogP contribution < -0.4 is 10.6 Å². The minimum atomic E-state index is 0.250. The van der Waals surface area contributed by atoms with Crippen LogP contribution in [0.3, 0.4) is 0 Å². The maximum atomic E-state index is 5.27. The molecule has 0 aromatic carbocycles. The number of nitrogens with zero attached hydrogens (tertiary/aromatic N) is 2. The first-order valence-electron chi connectivity index (χ1n) is 6.91. The summed E-state index contributed by atoms with van der Waals surface area (Å²) >= 11 is 0. The van der Waals surface area contributed by atoms with E-state index in [-0.39, 0.29) is 6.04 Å². The largest absolute Gasteiger partial charge is 0.383 e. The van der Waals surface area contributed by atoms with Crippen molar-refractivity contribution in [2.75, 3.05) is 31.4 Å². The molecule has 1 rings (SSSR count). The van der Waals surface area contributed by atoms with Crippen LogP contribution >= 0.6 is 0 Å². The summed E-state index contributed by atoms with van der Waals surface area (Å²) < 4.78 is 5.27. The highest BCUT2D eigenvalue weighted by atomic mass is 16.5. The molecule has 1 aromatic rings. The normalized spacial score (nSPS) is 12.5. The average molecular weight is 266 g/mol. The predicted molar refractivity (Wildman–Crippen MR) is 79.7 cm³/mol. The number of hydrogen-bond acceptors (Lipinski definition) is 5. The molecule has 2 N–H and O–H groups in total. The SMILES string of the molecule is CCCc1c(NC)ncnc1NC(COC)C(C)C. The van der Waals surface area contributed by atoms with Crippen LogP contribution in [-0.4, -0.2) is 36.8 Å². The van der Waals surface area contributed by atoms with Crippen LogP contribution in [-0.2, 0) is 11.2 Å². The third-order valence-electron chi connectivity index (χ3n) is 3.16. The molecule has 108 valence electrons. The number of hydrogen-bond donors (Lipinski definition) is 2. The van der Waals surface area contributed by atoms with Crippen LogP contribution in [0.2, 0.25) is 0 Å². The molecular weight excluding hydrogens is 240 g/mol. The molecule has 0 aliphatic heterocycles. The fraction of sp³-hybridized carbons (Fsp3) is 0.714. The van der Waals surface area contributed by atoms with E-state index in [2.05, 4.69) is 41.4 Å². The van der Waals surface area contributed by atoms with Crippen LogP contribution in [0.4, 0.5) is 11.6 Å². The van der Waals surface area contributed by atoms with Crippen LogP contribution in [0.15, 0.2) is 6.33 Å². The lowest BCUT2D eigenvalue weighted by Crippen LogP contribution is -2.31. The zero-order valence-electron chi connectivity index (χ0n) is 12.7. The number of rotatable bonds is 8. The monoisotopic (exact) mass is 266 g/mol. The zero-order chi connectivity index (χ0) is 14.3. The Kier molecular flexibility index (Phi) is 6.56. The summed E-state index contributed by atoms with van der Waals surface area (Å²) in [5.74, 6) is 2.29. The Labute approximate surface area is 116 Å². The second kappa shape index (κ2) is 7.94. The average Bonchev–Trinajstić information content (AvgIpc) is 2.40. The number of aromatic nitrogens is 2. The highest BCUT2D eigenvalue weighted by molar-refractivity contribution is 5.57. The molecule has 0 fully saturated rings. The first-order valence-corrected chi connectivity index (χ1v) is 6.91. The van der Waals surface area contributed by atoms with Crippen LogP contribution in [0.1, 0.15) is 32.8 Å². The van der Waals surface area contributed by atoms with E-state index in [1.807, 2.05) is 7.05 Å². The molecule has 0 spiro atoms. The van der Waals surface area contributed by atoms with E-state index in [9.17, 15) is 0 Å². The standard InChI is InChI=1S/C14H26N4O/c1-6-7-11-13(15-4)16-9-17-14(11)18-12(8-19-5)10(2)3/h9-10,12H,6-8H2,1-5H3,(H2,15,16,17,18). The lowest BCUT2D eigenvalue weighted by molar-refractivity contribution is 0.171. The number of methoxy groups -OCH3 is 1. The fourth-order valence-electron chi connectivity index (χ4n) is 1.99. The molecule has 0 amide bonds. The van der Waals surface area contributed by atoms with Gasteiger partial charge in [0.1, 0.15) is 18.0 Å². The van der Waals surface area contributed by atoms with Gasteiger partial charge in [-0.15, -0.1) is 0 Å². The predicted octanol–water partition coefficient (Wildman–Crippen LogP) is 2.55. The van der Waals surface area contributed by atoms with E-state index in [0.29, 0.717) is 12.5 Å². The summed E-state index contributed by atoms with van der Waals surface area (Å²) in [6, 6.07) is 0.250. The molecule has 1 aromatic heterocycles. The highest BCUT2D eigenvalue weighted by Crippen LogP contribution is 2.23. The molecule has 0 saturated carbocycles. The van der Waals surface area contributed by atoms with Gasteiger partial charge in [-0.25, -0.2) is 9.97 Å². The van der Waals surface area contributed by atoms with Crippen molar-refractivity contribution >= 4 is 11.6 Å². The lowest BCUT2D eigenvalue weighted by atomic mass is 10.0. The van der Waals surface area contributed by atoms with Crippen molar-refractivity contribution in [3.05, 3.63) is 11.9 Å². The minimum Gasteiger partial charge on any atom is -0.383 e. The second-order valence-electron chi connectivity index (χ2n) is 5.00. The van der Waals surface area contributed by atoms with E-state index in [1.54, 1.807) is 13.4 Å². The van der Waals surface area contributed by atoms with E-state index in [4.69, 9.17) is 4.74 Å². The first-order chi connectivity index (χ1) is 9.13. The van der Waals surface area contributed by atoms with E-state index in [0.717, 1.165) is 30.0 Å². The molecule has 0 radical (unpaired) electrons. The van der Waals surface area contributed by atoms with Gasteiger partial charge < -0.3 is 15.4 Å². The van der Waals surface area contributed by atoms with E-state index < -0.39 is 0 Å². The summed E-state index contributed by atoms with van der Waals surface area (Å²) in [6.07, 6.45) is 3.61. The molecule has 0 aliphatic rings. The Hall–Kier alpha value is -1.36. The van der Waals surface area contributed by atoms with Crippen molar-refractivity contribution in [2.24, 2.45) is 5.92 Å². The molecule has 5 nitrogen and oxygen atoms in total.